The van der Waals surface area contributed by atoms with E-state index in [1.165, 1.54) is 4.63 Å². The van der Waals surface area contributed by atoms with Gasteiger partial charge in [0, 0.05) is 16.7 Å². The van der Waals surface area contributed by atoms with Crippen molar-refractivity contribution in [2.24, 2.45) is 0 Å². The van der Waals surface area contributed by atoms with Gasteiger partial charge in [-0.25, -0.2) is 0 Å². The first kappa shape index (κ1) is 15.0. The number of aryl methyl sites for hydroxylation is 1. The molecule has 0 radical (unpaired) electrons. The topological polar surface area (TPSA) is 88.3 Å². The predicted molar refractivity (Wildman–Crippen MR) is 91.8 cm³/mol. The molecule has 1 saturated heterocycles. The molecule has 4 rings (SSSR count). The summed E-state index contributed by atoms with van der Waals surface area (Å²) in [5.41, 5.74) is 2.57. The third-order valence-corrected chi connectivity index (χ3v) is 4.94. The van der Waals surface area contributed by atoms with Crippen molar-refractivity contribution in [3.63, 3.8) is 0 Å². The summed E-state index contributed by atoms with van der Waals surface area (Å²) < 4.78 is 2.36. The van der Waals surface area contributed by atoms with Gasteiger partial charge in [0.15, 0.2) is 5.65 Å². The quantitative estimate of drug-likeness (QED) is 0.736. The van der Waals surface area contributed by atoms with E-state index in [1.807, 2.05) is 25.1 Å². The van der Waals surface area contributed by atoms with E-state index in [1.54, 1.807) is 17.0 Å². The molecule has 2 aromatic heterocycles. The summed E-state index contributed by atoms with van der Waals surface area (Å²) in [5.74, 6) is 0.609. The highest BCUT2D eigenvalue weighted by Gasteiger charge is 2.33. The average Bonchev–Trinajstić information content (AvgIpc) is 3.17. The van der Waals surface area contributed by atoms with Crippen molar-refractivity contribution < 1.29 is 4.79 Å². The van der Waals surface area contributed by atoms with Crippen molar-refractivity contribution in [1.29, 1.82) is 0 Å². The van der Waals surface area contributed by atoms with E-state index in [2.05, 4.69) is 41.9 Å². The molecule has 122 valence electrons. The van der Waals surface area contributed by atoms with Crippen LogP contribution in [0.15, 0.2) is 34.8 Å². The molecule has 0 spiro atoms. The number of hydrogen-bond acceptors (Lipinski definition) is 6. The van der Waals surface area contributed by atoms with Crippen LogP contribution in [-0.4, -0.2) is 43.7 Å². The molecule has 1 atom stereocenters. The van der Waals surface area contributed by atoms with Gasteiger partial charge in [-0.3, -0.25) is 4.79 Å². The molecule has 0 bridgehead atoms. The largest absolute Gasteiger partial charge is 0.357 e. The van der Waals surface area contributed by atoms with E-state index < -0.39 is 0 Å². The van der Waals surface area contributed by atoms with Crippen LogP contribution in [0.4, 0.5) is 11.5 Å². The van der Waals surface area contributed by atoms with Gasteiger partial charge in [-0.2, -0.15) is 0 Å². The second kappa shape index (κ2) is 5.82. The lowest BCUT2D eigenvalue weighted by Gasteiger charge is -2.18. The summed E-state index contributed by atoms with van der Waals surface area (Å²) in [5, 5.41) is 18.5. The summed E-state index contributed by atoms with van der Waals surface area (Å²) in [4.78, 5) is 14.5. The number of carbonyl (C=O) groups is 1. The van der Waals surface area contributed by atoms with Crippen LogP contribution < -0.4 is 10.2 Å². The maximum absolute atomic E-state index is 12.7. The Morgan fingerprint density at radius 1 is 1.29 bits per heavy atom. The number of carbonyl (C=O) groups excluding carboxylic acids is 1. The number of tetrazole rings is 1. The number of benzene rings is 1. The Labute approximate surface area is 146 Å². The van der Waals surface area contributed by atoms with Crippen LogP contribution in [0.25, 0.3) is 5.65 Å². The highest BCUT2D eigenvalue weighted by molar-refractivity contribution is 9.10. The van der Waals surface area contributed by atoms with Crippen molar-refractivity contribution in [2.45, 2.75) is 19.4 Å². The molecule has 3 heterocycles. The monoisotopic (exact) mass is 387 g/mol. The Morgan fingerprint density at radius 3 is 3.00 bits per heavy atom. The van der Waals surface area contributed by atoms with Gasteiger partial charge < -0.3 is 10.2 Å². The predicted octanol–water partition coefficient (Wildman–Crippen LogP) is 1.81. The second-order valence-corrected chi connectivity index (χ2v) is 6.51. The van der Waals surface area contributed by atoms with Crippen LogP contribution in [0.1, 0.15) is 12.0 Å². The SMILES string of the molecule is Cc1cc(N2CCC(Nc3ccc4nnnn4n3)C2=O)ccc1Br. The van der Waals surface area contributed by atoms with Crippen LogP contribution >= 0.6 is 15.9 Å². The molecule has 1 N–H and O–H groups in total. The molecule has 3 aromatic rings. The molecule has 1 aliphatic rings. The van der Waals surface area contributed by atoms with E-state index in [9.17, 15) is 4.79 Å². The highest BCUT2D eigenvalue weighted by atomic mass is 79.9. The number of hydrogen-bond donors (Lipinski definition) is 1. The van der Waals surface area contributed by atoms with Crippen molar-refractivity contribution in [2.75, 3.05) is 16.8 Å². The number of anilines is 2. The molecule has 1 aromatic carbocycles. The lowest BCUT2D eigenvalue weighted by atomic mass is 10.2. The summed E-state index contributed by atoms with van der Waals surface area (Å²) >= 11 is 3.48. The number of fused-ring (bicyclic) bond motifs is 1. The highest BCUT2D eigenvalue weighted by Crippen LogP contribution is 2.27. The molecule has 24 heavy (non-hydrogen) atoms. The number of nitrogens with one attached hydrogen (secondary N) is 1. The Balaban J connectivity index is 1.53. The summed E-state index contributed by atoms with van der Waals surface area (Å²) in [6.45, 7) is 2.68. The zero-order valence-electron chi connectivity index (χ0n) is 12.8. The standard InChI is InChI=1S/C15H14BrN7O/c1-9-8-10(2-3-11(9)16)22-7-6-12(15(22)24)17-13-4-5-14-18-20-21-23(14)19-13/h2-5,8,12H,6-7H2,1H3,(H,17,19). The first-order valence-electron chi connectivity index (χ1n) is 7.51. The van der Waals surface area contributed by atoms with Gasteiger partial charge in [0.25, 0.3) is 0 Å². The Kier molecular flexibility index (Phi) is 3.64. The summed E-state index contributed by atoms with van der Waals surface area (Å²) in [6.07, 6.45) is 0.712. The number of amides is 1. The smallest absolute Gasteiger partial charge is 0.249 e. The fraction of sp³-hybridized carbons (Fsp3) is 0.267. The number of rotatable bonds is 3. The molecule has 1 fully saturated rings. The van der Waals surface area contributed by atoms with Crippen LogP contribution in [-0.2, 0) is 4.79 Å². The summed E-state index contributed by atoms with van der Waals surface area (Å²) in [7, 11) is 0. The Morgan fingerprint density at radius 2 is 2.17 bits per heavy atom. The zero-order chi connectivity index (χ0) is 16.7. The molecular weight excluding hydrogens is 374 g/mol. The molecule has 1 unspecified atom stereocenters. The number of halogens is 1. The van der Waals surface area contributed by atoms with E-state index in [-0.39, 0.29) is 11.9 Å². The fourth-order valence-electron chi connectivity index (χ4n) is 2.77. The van der Waals surface area contributed by atoms with Gasteiger partial charge >= 0.3 is 0 Å². The van der Waals surface area contributed by atoms with Gasteiger partial charge in [0.2, 0.25) is 5.91 Å². The van der Waals surface area contributed by atoms with E-state index >= 15 is 0 Å². The van der Waals surface area contributed by atoms with Gasteiger partial charge in [-0.1, -0.05) is 15.9 Å². The lowest BCUT2D eigenvalue weighted by Crippen LogP contribution is -2.33. The molecule has 0 aliphatic carbocycles. The Hall–Kier alpha value is -2.55. The molecular formula is C15H14BrN7O. The first-order chi connectivity index (χ1) is 11.6. The minimum Gasteiger partial charge on any atom is -0.357 e. The van der Waals surface area contributed by atoms with Gasteiger partial charge in [0.1, 0.15) is 11.9 Å². The number of nitrogens with zero attached hydrogens (tertiary/aromatic N) is 6. The molecule has 1 aliphatic heterocycles. The normalized spacial score (nSPS) is 17.7. The molecule has 1 amide bonds. The van der Waals surface area contributed by atoms with Gasteiger partial charge in [-0.05, 0) is 59.7 Å². The van der Waals surface area contributed by atoms with Crippen LogP contribution in [0.5, 0.6) is 0 Å². The minimum atomic E-state index is -0.310. The molecule has 8 nitrogen and oxygen atoms in total. The van der Waals surface area contributed by atoms with Crippen molar-refractivity contribution >= 4 is 39.0 Å². The van der Waals surface area contributed by atoms with E-state index in [0.29, 0.717) is 24.4 Å². The van der Waals surface area contributed by atoms with Crippen LogP contribution in [0.3, 0.4) is 0 Å². The molecule has 0 saturated carbocycles. The maximum Gasteiger partial charge on any atom is 0.249 e. The second-order valence-electron chi connectivity index (χ2n) is 5.65. The van der Waals surface area contributed by atoms with Gasteiger partial charge in [-0.15, -0.1) is 14.8 Å². The fourth-order valence-corrected chi connectivity index (χ4v) is 3.02. The Bertz CT molecular complexity index is 925. The maximum atomic E-state index is 12.7. The van der Waals surface area contributed by atoms with Crippen LogP contribution in [0, 0.1) is 6.92 Å². The van der Waals surface area contributed by atoms with Gasteiger partial charge in [0.05, 0.1) is 0 Å². The minimum absolute atomic E-state index is 0.0373. The lowest BCUT2D eigenvalue weighted by molar-refractivity contribution is -0.117. The van der Waals surface area contributed by atoms with E-state index in [0.717, 1.165) is 15.7 Å². The van der Waals surface area contributed by atoms with Crippen LogP contribution in [0.2, 0.25) is 0 Å². The first-order valence-corrected chi connectivity index (χ1v) is 8.30. The van der Waals surface area contributed by atoms with Crippen molar-refractivity contribution in [3.05, 3.63) is 40.4 Å². The molecule has 9 heteroatoms. The van der Waals surface area contributed by atoms with E-state index in [4.69, 9.17) is 0 Å². The third kappa shape index (κ3) is 2.60. The third-order valence-electron chi connectivity index (χ3n) is 4.05. The van der Waals surface area contributed by atoms with Crippen molar-refractivity contribution in [3.8, 4) is 0 Å². The average molecular weight is 388 g/mol. The summed E-state index contributed by atoms with van der Waals surface area (Å²) in [6, 6.07) is 9.14. The van der Waals surface area contributed by atoms with Crippen molar-refractivity contribution in [1.82, 2.24) is 25.3 Å². The number of aromatic nitrogens is 5. The zero-order valence-corrected chi connectivity index (χ0v) is 14.4.